The van der Waals surface area contributed by atoms with E-state index in [1.54, 1.807) is 0 Å². The zero-order valence-corrected chi connectivity index (χ0v) is 21.1. The maximum atomic E-state index is 16.3. The van der Waals surface area contributed by atoms with Gasteiger partial charge in [-0.2, -0.15) is 0 Å². The third-order valence-electron chi connectivity index (χ3n) is 6.98. The van der Waals surface area contributed by atoms with Crippen molar-refractivity contribution in [2.45, 2.75) is 63.4 Å². The zero-order valence-electron chi connectivity index (χ0n) is 19.6. The normalized spacial score (nSPS) is 22.8. The van der Waals surface area contributed by atoms with Gasteiger partial charge in [-0.05, 0) is 24.3 Å². The van der Waals surface area contributed by atoms with Crippen molar-refractivity contribution in [3.8, 4) is 0 Å². The second kappa shape index (κ2) is 10.7. The molecule has 0 amide bonds. The summed E-state index contributed by atoms with van der Waals surface area (Å²) in [6, 6.07) is 4.72. The number of hydrogen-bond acceptors (Lipinski definition) is 2. The number of esters is 1. The topological polar surface area (TPSA) is 26.3 Å². The minimum Gasteiger partial charge on any atom is -1.00 e. The quantitative estimate of drug-likeness (QED) is 0.333. The van der Waals surface area contributed by atoms with Crippen molar-refractivity contribution in [2.75, 3.05) is 14.1 Å². The van der Waals surface area contributed by atoms with Gasteiger partial charge in [0.05, 0.1) is 26.2 Å². The van der Waals surface area contributed by atoms with Crippen LogP contribution >= 0.6 is 0 Å². The van der Waals surface area contributed by atoms with Gasteiger partial charge in [0.25, 0.3) is 5.67 Å². The highest BCUT2D eigenvalue weighted by Crippen LogP contribution is 2.42. The Morgan fingerprint density at radius 2 is 1.26 bits per heavy atom. The second-order valence-corrected chi connectivity index (χ2v) is 8.93. The summed E-state index contributed by atoms with van der Waals surface area (Å²) in [7, 11) is 4.23. The number of halogens is 6. The van der Waals surface area contributed by atoms with E-state index in [9.17, 15) is 22.4 Å². The first kappa shape index (κ1) is 28.2. The molecular weight excluding hydrogens is 521 g/mol. The molecule has 0 N–H and O–H groups in total. The summed E-state index contributed by atoms with van der Waals surface area (Å²) < 4.78 is 77.2. The van der Waals surface area contributed by atoms with Crippen molar-refractivity contribution in [2.24, 2.45) is 0 Å². The van der Waals surface area contributed by atoms with Crippen molar-refractivity contribution >= 4 is 5.97 Å². The SMILES string of the molecule is CC.C[N+]1(C)C2CC[C@@H]1CC(OC(=O)C(F)(c1ccc(F)c(F)c1)c1ccc(F)c(F)c1)C2.[Br-]. The van der Waals surface area contributed by atoms with Crippen molar-refractivity contribution in [1.82, 2.24) is 0 Å². The molecule has 0 aromatic heterocycles. The van der Waals surface area contributed by atoms with E-state index in [0.29, 0.717) is 37.1 Å². The van der Waals surface area contributed by atoms with Crippen LogP contribution in [0.4, 0.5) is 22.0 Å². The Morgan fingerprint density at radius 1 is 0.853 bits per heavy atom. The van der Waals surface area contributed by atoms with Crippen LogP contribution < -0.4 is 17.0 Å². The number of hydrogen-bond donors (Lipinski definition) is 0. The number of piperidine rings is 1. The molecule has 2 unspecified atom stereocenters. The molecule has 3 nitrogen and oxygen atoms in total. The Kier molecular flexibility index (Phi) is 8.91. The first-order valence-electron chi connectivity index (χ1n) is 11.2. The van der Waals surface area contributed by atoms with Crippen LogP contribution in [0.5, 0.6) is 0 Å². The van der Waals surface area contributed by atoms with E-state index < -0.39 is 52.1 Å². The zero-order chi connectivity index (χ0) is 24.6. The van der Waals surface area contributed by atoms with Crippen molar-refractivity contribution in [3.05, 3.63) is 70.8 Å². The van der Waals surface area contributed by atoms with E-state index in [1.165, 1.54) is 0 Å². The molecule has 2 aromatic rings. The third kappa shape index (κ3) is 5.00. The first-order valence-corrected chi connectivity index (χ1v) is 11.2. The van der Waals surface area contributed by atoms with Gasteiger partial charge in [-0.15, -0.1) is 0 Å². The summed E-state index contributed by atoms with van der Waals surface area (Å²) in [6.07, 6.45) is 2.47. The predicted molar refractivity (Wildman–Crippen MR) is 114 cm³/mol. The van der Waals surface area contributed by atoms with Gasteiger partial charge < -0.3 is 26.2 Å². The van der Waals surface area contributed by atoms with E-state index in [4.69, 9.17) is 4.74 Å². The monoisotopic (exact) mass is 549 g/mol. The van der Waals surface area contributed by atoms with Gasteiger partial charge >= 0.3 is 5.97 Å². The molecule has 0 spiro atoms. The Balaban J connectivity index is 0.00000133. The van der Waals surface area contributed by atoms with Gasteiger partial charge in [0, 0.05) is 36.8 Å². The summed E-state index contributed by atoms with van der Waals surface area (Å²) in [5.41, 5.74) is -4.25. The number of nitrogens with zero attached hydrogens (tertiary/aromatic N) is 1. The summed E-state index contributed by atoms with van der Waals surface area (Å²) in [4.78, 5) is 13.1. The molecule has 2 bridgehead atoms. The van der Waals surface area contributed by atoms with Crippen molar-refractivity contribution in [3.63, 3.8) is 0 Å². The molecule has 4 rings (SSSR count). The van der Waals surface area contributed by atoms with Gasteiger partial charge in [-0.1, -0.05) is 26.0 Å². The van der Waals surface area contributed by atoms with Crippen LogP contribution in [0, 0.1) is 23.3 Å². The number of rotatable bonds is 4. The molecule has 0 aliphatic carbocycles. The van der Waals surface area contributed by atoms with E-state index in [2.05, 4.69) is 14.1 Å². The number of carbonyl (C=O) groups is 1. The fraction of sp³-hybridized carbons (Fsp3) is 0.480. The second-order valence-electron chi connectivity index (χ2n) is 8.93. The maximum Gasteiger partial charge on any atom is 0.353 e. The smallest absolute Gasteiger partial charge is 0.353 e. The summed E-state index contributed by atoms with van der Waals surface area (Å²) in [5.74, 6) is -6.56. The van der Waals surface area contributed by atoms with Crippen molar-refractivity contribution in [1.29, 1.82) is 0 Å². The summed E-state index contributed by atoms with van der Waals surface area (Å²) in [5, 5.41) is 0. The molecule has 9 heteroatoms. The molecule has 2 aromatic carbocycles. The Hall–Kier alpha value is -2.00. The Bertz CT molecular complexity index is 965. The van der Waals surface area contributed by atoms with Crippen molar-refractivity contribution < 1.29 is 52.9 Å². The van der Waals surface area contributed by atoms with Crippen LogP contribution in [0.25, 0.3) is 0 Å². The van der Waals surface area contributed by atoms with Crippen LogP contribution in [0.15, 0.2) is 36.4 Å². The molecule has 2 heterocycles. The standard InChI is InChI=1S/C23H23F5NO2.C2H6.BrH/c1-29(2)15-5-6-16(29)12-17(11-15)31-22(30)23(28,13-3-7-18(24)20(26)9-13)14-4-8-19(25)21(27)10-14;1-2;/h3-4,7-10,15-17H,5-6,11-12H2,1-2H3;1-2H3;1H/q+1;;/p-1/t15-,16?,17?;;/m1../s1. The highest BCUT2D eigenvalue weighted by molar-refractivity contribution is 5.85. The van der Waals surface area contributed by atoms with Gasteiger partial charge in [-0.3, -0.25) is 0 Å². The number of ether oxygens (including phenoxy) is 1. The van der Waals surface area contributed by atoms with E-state index in [1.807, 2.05) is 13.8 Å². The van der Waals surface area contributed by atoms with Crippen LogP contribution in [0.2, 0.25) is 0 Å². The van der Waals surface area contributed by atoms with Gasteiger partial charge in [0.2, 0.25) is 0 Å². The lowest BCUT2D eigenvalue weighted by molar-refractivity contribution is -0.931. The molecule has 2 aliphatic rings. The lowest BCUT2D eigenvalue weighted by Crippen LogP contribution is -3.00. The molecule has 2 saturated heterocycles. The number of quaternary nitrogens is 1. The minimum absolute atomic E-state index is 0. The first-order chi connectivity index (χ1) is 15.5. The van der Waals surface area contributed by atoms with Gasteiger partial charge in [0.15, 0.2) is 23.3 Å². The molecule has 0 saturated carbocycles. The Morgan fingerprint density at radius 3 is 1.65 bits per heavy atom. The fourth-order valence-electron chi connectivity index (χ4n) is 4.98. The summed E-state index contributed by atoms with van der Waals surface area (Å²) >= 11 is 0. The Labute approximate surface area is 207 Å². The maximum absolute atomic E-state index is 16.3. The molecule has 3 atom stereocenters. The van der Waals surface area contributed by atoms with Gasteiger partial charge in [0.1, 0.15) is 6.10 Å². The number of fused-ring (bicyclic) bond motifs is 2. The lowest BCUT2D eigenvalue weighted by Gasteiger charge is -2.44. The third-order valence-corrected chi connectivity index (χ3v) is 6.98. The van der Waals surface area contributed by atoms with Crippen LogP contribution in [0.3, 0.4) is 0 Å². The molecule has 2 aliphatic heterocycles. The number of alkyl halides is 1. The van der Waals surface area contributed by atoms with Crippen LogP contribution in [-0.4, -0.2) is 42.7 Å². The van der Waals surface area contributed by atoms with Crippen LogP contribution in [-0.2, 0) is 15.2 Å². The summed E-state index contributed by atoms with van der Waals surface area (Å²) in [6.45, 7) is 4.00. The molecule has 2 fully saturated rings. The van der Waals surface area contributed by atoms with E-state index >= 15 is 4.39 Å². The highest BCUT2D eigenvalue weighted by atomic mass is 79.9. The van der Waals surface area contributed by atoms with Crippen LogP contribution in [0.1, 0.15) is 50.7 Å². The lowest BCUT2D eigenvalue weighted by atomic mass is 9.87. The number of carbonyl (C=O) groups excluding carboxylic acids is 1. The average Bonchev–Trinajstić information content (AvgIpc) is 2.94. The average molecular weight is 550 g/mol. The molecule has 34 heavy (non-hydrogen) atoms. The molecule has 188 valence electrons. The van der Waals surface area contributed by atoms with E-state index in [-0.39, 0.29) is 29.1 Å². The minimum atomic E-state index is -3.13. The molecule has 0 radical (unpaired) electrons. The predicted octanol–water partition coefficient (Wildman–Crippen LogP) is 2.80. The fourth-order valence-corrected chi connectivity index (χ4v) is 4.98. The highest BCUT2D eigenvalue weighted by Gasteiger charge is 2.52. The van der Waals surface area contributed by atoms with E-state index in [0.717, 1.165) is 29.5 Å². The largest absolute Gasteiger partial charge is 1.00 e. The molecular formula is C25H29BrF5NO2. The number of benzene rings is 2. The van der Waals surface area contributed by atoms with Gasteiger partial charge in [-0.25, -0.2) is 26.7 Å².